The van der Waals surface area contributed by atoms with Crippen molar-refractivity contribution in [2.24, 2.45) is 0 Å². The molecular weight excluding hydrogens is 228 g/mol. The predicted octanol–water partition coefficient (Wildman–Crippen LogP) is 3.57. The van der Waals surface area contributed by atoms with Gasteiger partial charge in [0.2, 0.25) is 0 Å². The molecule has 0 fully saturated rings. The topological polar surface area (TPSA) is 63.6 Å². The summed E-state index contributed by atoms with van der Waals surface area (Å²) in [5.41, 5.74) is 0. The van der Waals surface area contributed by atoms with Gasteiger partial charge in [-0.2, -0.15) is 0 Å². The van der Waals surface area contributed by atoms with Crippen LogP contribution in [0.3, 0.4) is 0 Å². The summed E-state index contributed by atoms with van der Waals surface area (Å²) >= 11 is 0.568. The summed E-state index contributed by atoms with van der Waals surface area (Å²) in [6.07, 6.45) is 1.85. The lowest BCUT2D eigenvalue weighted by molar-refractivity contribution is -0.144. The van der Waals surface area contributed by atoms with E-state index in [1.54, 1.807) is 13.8 Å². The maximum atomic E-state index is 11.4. The molecule has 0 aliphatic heterocycles. The van der Waals surface area contributed by atoms with Gasteiger partial charge in [0, 0.05) is 0 Å². The van der Waals surface area contributed by atoms with Crippen LogP contribution in [0, 0.1) is 0 Å². The Bertz CT molecular complexity index is 240. The smallest absolute Gasteiger partial charge is 0.365 e. The number of carboxylic acid groups (broad SMARTS) is 1. The highest BCUT2D eigenvalue weighted by molar-refractivity contribution is 8.14. The minimum atomic E-state index is -1.08. The molecule has 16 heavy (non-hydrogen) atoms. The summed E-state index contributed by atoms with van der Waals surface area (Å²) < 4.78 is 3.79. The number of hydrogen-bond acceptors (Lipinski definition) is 4. The third kappa shape index (κ3) is 6.50. The quantitative estimate of drug-likeness (QED) is 0.597. The summed E-state index contributed by atoms with van der Waals surface area (Å²) in [6, 6.07) is 0. The Morgan fingerprint density at radius 2 is 2.00 bits per heavy atom. The number of hydrogen-bond donors (Lipinski definition) is 1. The van der Waals surface area contributed by atoms with E-state index in [1.165, 1.54) is 6.08 Å². The van der Waals surface area contributed by atoms with Crippen molar-refractivity contribution < 1.29 is 19.4 Å². The van der Waals surface area contributed by atoms with Crippen LogP contribution in [0.5, 0.6) is 0 Å². The third-order valence-electron chi connectivity index (χ3n) is 1.75. The van der Waals surface area contributed by atoms with Gasteiger partial charge in [0.1, 0.15) is 11.4 Å². The fourth-order valence-electron chi connectivity index (χ4n) is 0.738. The molecule has 0 spiro atoms. The zero-order valence-electron chi connectivity index (χ0n) is 8.28. The summed E-state index contributed by atoms with van der Waals surface area (Å²) in [5.74, 6) is -0.521. The first kappa shape index (κ1) is 20.4. The van der Waals surface area contributed by atoms with E-state index in [0.717, 1.165) is 0 Å². The lowest BCUT2D eigenvalue weighted by atomic mass is 10.1. The highest BCUT2D eigenvalue weighted by Gasteiger charge is 2.36. The molecule has 0 aromatic carbocycles. The summed E-state index contributed by atoms with van der Waals surface area (Å²) in [7, 11) is 0. The fraction of sp³-hybridized carbons (Fsp3) is 0.636. The SMILES string of the molecule is C.C.C=CCOC(=O)C(C)(CC)SC(=O)O. The van der Waals surface area contributed by atoms with Crippen molar-refractivity contribution in [1.82, 2.24) is 0 Å². The normalized spacial score (nSPS) is 12.4. The molecule has 0 heterocycles. The maximum absolute atomic E-state index is 11.4. The molecule has 0 aromatic heterocycles. The zero-order valence-corrected chi connectivity index (χ0v) is 9.10. The molecule has 0 aromatic rings. The Morgan fingerprint density at radius 3 is 2.31 bits per heavy atom. The lowest BCUT2D eigenvalue weighted by Gasteiger charge is -2.22. The van der Waals surface area contributed by atoms with Gasteiger partial charge in [0.05, 0.1) is 0 Å². The molecule has 0 saturated heterocycles. The second kappa shape index (κ2) is 9.27. The molecule has 96 valence electrons. The van der Waals surface area contributed by atoms with Crippen molar-refractivity contribution in [3.05, 3.63) is 12.7 Å². The van der Waals surface area contributed by atoms with Gasteiger partial charge in [0.15, 0.2) is 0 Å². The van der Waals surface area contributed by atoms with E-state index in [2.05, 4.69) is 6.58 Å². The number of carbonyl (C=O) groups is 2. The molecule has 0 rings (SSSR count). The molecule has 0 aliphatic rings. The molecular formula is C11H22O4S. The van der Waals surface area contributed by atoms with Crippen molar-refractivity contribution >= 4 is 23.0 Å². The van der Waals surface area contributed by atoms with Crippen molar-refractivity contribution in [1.29, 1.82) is 0 Å². The Balaban J connectivity index is -0.000000845. The van der Waals surface area contributed by atoms with Crippen LogP contribution < -0.4 is 0 Å². The van der Waals surface area contributed by atoms with E-state index in [4.69, 9.17) is 9.84 Å². The van der Waals surface area contributed by atoms with E-state index in [9.17, 15) is 9.59 Å². The van der Waals surface area contributed by atoms with Gasteiger partial charge in [0.25, 0.3) is 0 Å². The molecule has 4 nitrogen and oxygen atoms in total. The average molecular weight is 250 g/mol. The first-order valence-electron chi connectivity index (χ1n) is 4.16. The number of carbonyl (C=O) groups excluding carboxylic acids is 1. The molecule has 1 N–H and O–H groups in total. The summed E-state index contributed by atoms with van der Waals surface area (Å²) in [6.45, 7) is 6.80. The fourth-order valence-corrected chi connectivity index (χ4v) is 1.41. The number of esters is 1. The standard InChI is InChI=1S/C9H14O4S.2CH4/c1-4-6-13-7(10)9(3,5-2)14-8(11)12;;/h4H,1,5-6H2,2-3H3,(H,11,12);2*1H4. The highest BCUT2D eigenvalue weighted by atomic mass is 32.2. The maximum Gasteiger partial charge on any atom is 0.365 e. The van der Waals surface area contributed by atoms with Crippen LogP contribution in [0.4, 0.5) is 4.79 Å². The minimum Gasteiger partial charge on any atom is -0.473 e. The van der Waals surface area contributed by atoms with E-state index in [0.29, 0.717) is 18.2 Å². The highest BCUT2D eigenvalue weighted by Crippen LogP contribution is 2.30. The Hall–Kier alpha value is -0.970. The Kier molecular flexibility index (Phi) is 11.8. The largest absolute Gasteiger partial charge is 0.473 e. The van der Waals surface area contributed by atoms with Crippen LogP contribution >= 0.6 is 11.8 Å². The van der Waals surface area contributed by atoms with E-state index >= 15 is 0 Å². The van der Waals surface area contributed by atoms with E-state index < -0.39 is 16.0 Å². The van der Waals surface area contributed by atoms with Gasteiger partial charge in [-0.3, -0.25) is 4.79 Å². The number of thioether (sulfide) groups is 1. The molecule has 1 atom stereocenters. The Morgan fingerprint density at radius 1 is 1.50 bits per heavy atom. The van der Waals surface area contributed by atoms with E-state index in [-0.39, 0.29) is 21.5 Å². The molecule has 0 bridgehead atoms. The van der Waals surface area contributed by atoms with Crippen LogP contribution in [0.2, 0.25) is 0 Å². The van der Waals surface area contributed by atoms with Gasteiger partial charge in [-0.05, 0) is 25.1 Å². The molecule has 0 radical (unpaired) electrons. The van der Waals surface area contributed by atoms with E-state index in [1.807, 2.05) is 0 Å². The van der Waals surface area contributed by atoms with Crippen LogP contribution in [0.1, 0.15) is 35.1 Å². The monoisotopic (exact) mass is 250 g/mol. The first-order chi connectivity index (χ1) is 6.46. The average Bonchev–Trinajstić information content (AvgIpc) is 2.12. The zero-order chi connectivity index (χ0) is 11.2. The van der Waals surface area contributed by atoms with Gasteiger partial charge in [-0.1, -0.05) is 34.4 Å². The van der Waals surface area contributed by atoms with Gasteiger partial charge in [-0.25, -0.2) is 4.79 Å². The van der Waals surface area contributed by atoms with Gasteiger partial charge < -0.3 is 9.84 Å². The molecule has 1 unspecified atom stereocenters. The number of ether oxygens (including phenoxy) is 1. The molecule has 0 amide bonds. The van der Waals surface area contributed by atoms with Crippen molar-refractivity contribution in [3.63, 3.8) is 0 Å². The lowest BCUT2D eigenvalue weighted by Crippen LogP contribution is -2.34. The van der Waals surface area contributed by atoms with Crippen molar-refractivity contribution in [2.75, 3.05) is 6.61 Å². The van der Waals surface area contributed by atoms with Crippen LogP contribution in [-0.4, -0.2) is 27.7 Å². The second-order valence-electron chi connectivity index (χ2n) is 2.84. The van der Waals surface area contributed by atoms with Crippen molar-refractivity contribution in [3.8, 4) is 0 Å². The van der Waals surface area contributed by atoms with Gasteiger partial charge >= 0.3 is 11.3 Å². The van der Waals surface area contributed by atoms with Crippen LogP contribution in [0.15, 0.2) is 12.7 Å². The van der Waals surface area contributed by atoms with Crippen LogP contribution in [-0.2, 0) is 9.53 Å². The number of rotatable bonds is 5. The minimum absolute atomic E-state index is 0. The van der Waals surface area contributed by atoms with Gasteiger partial charge in [-0.15, -0.1) is 0 Å². The molecule has 0 aliphatic carbocycles. The summed E-state index contributed by atoms with van der Waals surface area (Å²) in [5, 5.41) is 7.51. The molecule has 5 heteroatoms. The second-order valence-corrected chi connectivity index (χ2v) is 4.29. The van der Waals surface area contributed by atoms with Crippen LogP contribution in [0.25, 0.3) is 0 Å². The predicted molar refractivity (Wildman–Crippen MR) is 68.9 cm³/mol. The Labute approximate surface area is 102 Å². The first-order valence-corrected chi connectivity index (χ1v) is 4.98. The third-order valence-corrected chi connectivity index (χ3v) is 2.83. The summed E-state index contributed by atoms with van der Waals surface area (Å²) in [4.78, 5) is 21.9. The van der Waals surface area contributed by atoms with Crippen molar-refractivity contribution in [2.45, 2.75) is 39.9 Å². The molecule has 0 saturated carbocycles.